The van der Waals surface area contributed by atoms with Gasteiger partial charge in [0, 0.05) is 20.0 Å². The molecule has 0 atom stereocenters. The van der Waals surface area contributed by atoms with Gasteiger partial charge in [-0.05, 0) is 25.0 Å². The summed E-state index contributed by atoms with van der Waals surface area (Å²) in [5.41, 5.74) is 0.935. The zero-order valence-electron chi connectivity index (χ0n) is 17.4. The van der Waals surface area contributed by atoms with E-state index in [0.717, 1.165) is 18.9 Å². The van der Waals surface area contributed by atoms with Crippen molar-refractivity contribution in [3.05, 3.63) is 60.2 Å². The van der Waals surface area contributed by atoms with Gasteiger partial charge in [-0.2, -0.15) is 0 Å². The van der Waals surface area contributed by atoms with E-state index in [-0.39, 0.29) is 28.9 Å². The fourth-order valence-corrected chi connectivity index (χ4v) is 2.91. The van der Waals surface area contributed by atoms with Gasteiger partial charge in [0.2, 0.25) is 0 Å². The number of ether oxygens (including phenoxy) is 1. The molecular weight excluding hydrogens is 417 g/mol. The molecule has 3 aromatic rings. The van der Waals surface area contributed by atoms with Crippen LogP contribution in [-0.4, -0.2) is 50.9 Å². The number of benzene rings is 1. The van der Waals surface area contributed by atoms with Gasteiger partial charge in [-0.3, -0.25) is 10.1 Å². The Hall–Kier alpha value is -4.15. The first kappa shape index (κ1) is 21.1. The van der Waals surface area contributed by atoms with Crippen LogP contribution in [0.15, 0.2) is 43.1 Å². The van der Waals surface area contributed by atoms with Crippen molar-refractivity contribution in [3.63, 3.8) is 0 Å². The van der Waals surface area contributed by atoms with Gasteiger partial charge >= 0.3 is 6.09 Å². The summed E-state index contributed by atoms with van der Waals surface area (Å²) >= 11 is 0. The van der Waals surface area contributed by atoms with Crippen LogP contribution in [0.2, 0.25) is 0 Å². The summed E-state index contributed by atoms with van der Waals surface area (Å²) in [5.74, 6) is -0.964. The highest BCUT2D eigenvalue weighted by Gasteiger charge is 2.27. The third-order valence-corrected chi connectivity index (χ3v) is 4.64. The zero-order valence-corrected chi connectivity index (χ0v) is 17.4. The highest BCUT2D eigenvalue weighted by molar-refractivity contribution is 6.03. The molecule has 1 aliphatic rings. The van der Waals surface area contributed by atoms with Gasteiger partial charge in [0.15, 0.2) is 5.82 Å². The monoisotopic (exact) mass is 437 g/mol. The average Bonchev–Trinajstić information content (AvgIpc) is 3.61. The summed E-state index contributed by atoms with van der Waals surface area (Å²) < 4.78 is 19.7. The molecule has 10 nitrogen and oxygen atoms in total. The van der Waals surface area contributed by atoms with Gasteiger partial charge in [0.05, 0.1) is 41.2 Å². The van der Waals surface area contributed by atoms with Crippen LogP contribution >= 0.6 is 0 Å². The number of carbonyl (C=O) groups excluding carboxylic acids is 2. The molecule has 0 saturated heterocycles. The van der Waals surface area contributed by atoms with Gasteiger partial charge in [-0.15, -0.1) is 0 Å². The Morgan fingerprint density at radius 1 is 1.16 bits per heavy atom. The van der Waals surface area contributed by atoms with Gasteiger partial charge in [-0.1, -0.05) is 6.07 Å². The highest BCUT2D eigenvalue weighted by Crippen LogP contribution is 2.40. The maximum Gasteiger partial charge on any atom is 0.418 e. The summed E-state index contributed by atoms with van der Waals surface area (Å²) in [6, 6.07) is 3.93. The van der Waals surface area contributed by atoms with Crippen molar-refractivity contribution in [1.29, 1.82) is 0 Å². The molecule has 0 spiro atoms. The molecule has 1 aliphatic carbocycles. The Morgan fingerprint density at radius 2 is 1.91 bits per heavy atom. The van der Waals surface area contributed by atoms with Crippen LogP contribution in [0.1, 0.15) is 34.8 Å². The molecule has 2 aromatic heterocycles. The minimum atomic E-state index is -0.946. The van der Waals surface area contributed by atoms with Crippen LogP contribution in [0.3, 0.4) is 0 Å². The van der Waals surface area contributed by atoms with E-state index >= 15 is 0 Å². The summed E-state index contributed by atoms with van der Waals surface area (Å²) in [5, 5.41) is 5.38. The maximum atomic E-state index is 14.3. The minimum Gasteiger partial charge on any atom is -0.387 e. The zero-order chi connectivity index (χ0) is 22.7. The number of nitrogens with zero attached hydrogens (tertiary/aromatic N) is 5. The Bertz CT molecular complexity index is 1150. The summed E-state index contributed by atoms with van der Waals surface area (Å²) in [7, 11) is 2.97. The van der Waals surface area contributed by atoms with Crippen molar-refractivity contribution < 1.29 is 18.7 Å². The summed E-state index contributed by atoms with van der Waals surface area (Å²) in [6.07, 6.45) is 7.08. The van der Waals surface area contributed by atoms with Crippen LogP contribution in [-0.2, 0) is 0 Å². The molecule has 0 radical (unpaired) electrons. The number of hydrogen-bond donors (Lipinski definition) is 2. The van der Waals surface area contributed by atoms with Crippen LogP contribution in [0.25, 0.3) is 0 Å². The summed E-state index contributed by atoms with van der Waals surface area (Å²) in [6.45, 7) is 0. The first-order valence-electron chi connectivity index (χ1n) is 9.80. The molecule has 1 saturated carbocycles. The molecule has 11 heteroatoms. The third-order valence-electron chi connectivity index (χ3n) is 4.64. The van der Waals surface area contributed by atoms with Gasteiger partial charge in [-0.25, -0.2) is 29.1 Å². The topological polar surface area (TPSA) is 122 Å². The van der Waals surface area contributed by atoms with Gasteiger partial charge in [0.1, 0.15) is 12.1 Å². The lowest BCUT2D eigenvalue weighted by atomic mass is 10.1. The smallest absolute Gasteiger partial charge is 0.387 e. The van der Waals surface area contributed by atoms with E-state index in [4.69, 9.17) is 4.74 Å². The van der Waals surface area contributed by atoms with E-state index in [1.54, 1.807) is 6.20 Å². The highest BCUT2D eigenvalue weighted by atomic mass is 19.1. The fraction of sp³-hybridized carbons (Fsp3) is 0.238. The molecule has 0 bridgehead atoms. The summed E-state index contributed by atoms with van der Waals surface area (Å²) in [4.78, 5) is 42.8. The number of hydrogen-bond acceptors (Lipinski definition) is 8. The Kier molecular flexibility index (Phi) is 5.88. The lowest BCUT2D eigenvalue weighted by molar-refractivity contribution is 0.0824. The molecule has 2 amide bonds. The number of anilines is 3. The lowest BCUT2D eigenvalue weighted by Crippen LogP contribution is -2.26. The van der Waals surface area contributed by atoms with Crippen LogP contribution < -0.4 is 15.4 Å². The van der Waals surface area contributed by atoms with Crippen molar-refractivity contribution in [3.8, 4) is 5.88 Å². The van der Waals surface area contributed by atoms with Gasteiger partial charge in [0.25, 0.3) is 11.8 Å². The second kappa shape index (κ2) is 8.92. The SMILES string of the molecule is CN(C)C(=O)c1c(F)cccc1NC(=O)Oc1nc(C2CC2)cnc1Nc1cncnc1. The number of aromatic nitrogens is 4. The second-order valence-electron chi connectivity index (χ2n) is 7.35. The quantitative estimate of drug-likeness (QED) is 0.602. The van der Waals surface area contributed by atoms with E-state index in [2.05, 4.69) is 30.6 Å². The molecule has 0 unspecified atom stereocenters. The molecule has 2 N–H and O–H groups in total. The fourth-order valence-electron chi connectivity index (χ4n) is 2.91. The number of nitrogens with one attached hydrogen (secondary N) is 2. The predicted molar refractivity (Wildman–Crippen MR) is 113 cm³/mol. The molecule has 4 rings (SSSR count). The average molecular weight is 437 g/mol. The molecule has 2 heterocycles. The normalized spacial score (nSPS) is 12.7. The van der Waals surface area contributed by atoms with E-state index in [9.17, 15) is 14.0 Å². The first-order chi connectivity index (χ1) is 15.4. The number of halogens is 1. The van der Waals surface area contributed by atoms with Crippen molar-refractivity contribution in [1.82, 2.24) is 24.8 Å². The standard InChI is InChI=1S/C21H20FN7O3/c1-29(2)20(30)17-14(22)4-3-5-15(17)28-21(31)32-19-18(26-13-8-23-11-24-9-13)25-10-16(27-19)12-6-7-12/h3-5,8-12H,6-7H2,1-2H3,(H,25,26)(H,28,31). The number of rotatable bonds is 6. The molecule has 32 heavy (non-hydrogen) atoms. The van der Waals surface area contributed by atoms with Crippen LogP contribution in [0, 0.1) is 5.82 Å². The predicted octanol–water partition coefficient (Wildman–Crippen LogP) is 3.34. The molecule has 164 valence electrons. The molecular formula is C21H20FN7O3. The molecule has 0 aliphatic heterocycles. The van der Waals surface area contributed by atoms with Crippen molar-refractivity contribution >= 4 is 29.2 Å². The van der Waals surface area contributed by atoms with Gasteiger partial charge < -0.3 is 15.0 Å². The Labute approximate surface area is 182 Å². The van der Waals surface area contributed by atoms with Crippen molar-refractivity contribution in [2.24, 2.45) is 0 Å². The van der Waals surface area contributed by atoms with Crippen molar-refractivity contribution in [2.45, 2.75) is 18.8 Å². The van der Waals surface area contributed by atoms with Crippen LogP contribution in [0.5, 0.6) is 5.88 Å². The number of amides is 2. The third kappa shape index (κ3) is 4.77. The minimum absolute atomic E-state index is 0.0222. The second-order valence-corrected chi connectivity index (χ2v) is 7.35. The van der Waals surface area contributed by atoms with E-state index in [1.807, 2.05) is 0 Å². The lowest BCUT2D eigenvalue weighted by Gasteiger charge is -2.16. The van der Waals surface area contributed by atoms with Crippen molar-refractivity contribution in [2.75, 3.05) is 24.7 Å². The number of carbonyl (C=O) groups is 2. The van der Waals surface area contributed by atoms with Crippen LogP contribution in [0.4, 0.5) is 26.4 Å². The Balaban J connectivity index is 1.58. The first-order valence-corrected chi connectivity index (χ1v) is 9.80. The molecule has 1 aromatic carbocycles. The van der Waals surface area contributed by atoms with E-state index in [1.165, 1.54) is 49.8 Å². The molecule has 1 fully saturated rings. The largest absolute Gasteiger partial charge is 0.418 e. The maximum absolute atomic E-state index is 14.3. The van der Waals surface area contributed by atoms with E-state index < -0.39 is 17.8 Å². The Morgan fingerprint density at radius 3 is 2.59 bits per heavy atom. The van der Waals surface area contributed by atoms with E-state index in [0.29, 0.717) is 11.4 Å².